The average Bonchev–Trinajstić information content (AvgIpc) is 1.87. The second kappa shape index (κ2) is 5.02. The maximum atomic E-state index is 10.6. The highest BCUT2D eigenvalue weighted by Gasteiger charge is 1.99. The predicted molar refractivity (Wildman–Crippen MR) is 47.3 cm³/mol. The molecule has 0 radical (unpaired) electrons. The summed E-state index contributed by atoms with van der Waals surface area (Å²) in [4.78, 5) is 10.6. The Labute approximate surface area is 59.2 Å². The van der Waals surface area contributed by atoms with Gasteiger partial charge in [0.1, 0.15) is 0 Å². The van der Waals surface area contributed by atoms with Crippen molar-refractivity contribution in [1.29, 1.82) is 0 Å². The molecule has 0 aliphatic carbocycles. The zero-order chi connectivity index (χ0) is 7.28. The van der Waals surface area contributed by atoms with Gasteiger partial charge in [-0.3, -0.25) is 0 Å². The third-order valence-electron chi connectivity index (χ3n) is 0.832. The SMILES string of the molecule is BP(NC(=O)NC)PC. The number of carbonyl (C=O) groups excluding carboxylic acids is 1. The van der Waals surface area contributed by atoms with Crippen LogP contribution in [0.25, 0.3) is 0 Å². The molecule has 9 heavy (non-hydrogen) atoms. The molecular formula is C3H11BN2OP2. The van der Waals surface area contributed by atoms with Crippen molar-refractivity contribution in [3.05, 3.63) is 0 Å². The van der Waals surface area contributed by atoms with Crippen LogP contribution in [0.3, 0.4) is 0 Å². The summed E-state index contributed by atoms with van der Waals surface area (Å²) in [6.45, 7) is 2.08. The minimum absolute atomic E-state index is 0.0713. The zero-order valence-electron chi connectivity index (χ0n) is 5.86. The van der Waals surface area contributed by atoms with Gasteiger partial charge in [0.05, 0.1) is 0 Å². The minimum Gasteiger partial charge on any atom is -0.341 e. The first kappa shape index (κ1) is 9.19. The monoisotopic (exact) mass is 164 g/mol. The topological polar surface area (TPSA) is 41.1 Å². The van der Waals surface area contributed by atoms with E-state index < -0.39 is 0 Å². The third kappa shape index (κ3) is 4.68. The van der Waals surface area contributed by atoms with E-state index in [1.807, 2.05) is 7.57 Å². The number of hydrogen-bond acceptors (Lipinski definition) is 1. The molecule has 0 fully saturated rings. The molecule has 0 spiro atoms. The Kier molecular flexibility index (Phi) is 5.13. The normalized spacial score (nSPS) is 13.6. The Morgan fingerprint density at radius 3 is 2.67 bits per heavy atom. The molecule has 0 bridgehead atoms. The molecule has 0 aliphatic rings. The first-order valence-electron chi connectivity index (χ1n) is 2.60. The molecule has 2 amide bonds. The molecule has 2 atom stereocenters. The van der Waals surface area contributed by atoms with E-state index in [1.165, 1.54) is 0 Å². The second-order valence-corrected chi connectivity index (χ2v) is 6.62. The molecule has 0 saturated heterocycles. The number of carbonyl (C=O) groups is 1. The van der Waals surface area contributed by atoms with Crippen molar-refractivity contribution in [3.8, 4) is 0 Å². The molecule has 0 rings (SSSR count). The maximum absolute atomic E-state index is 10.6. The van der Waals surface area contributed by atoms with Gasteiger partial charge in [-0.05, 0) is 14.3 Å². The number of urea groups is 1. The van der Waals surface area contributed by atoms with E-state index in [-0.39, 0.29) is 13.7 Å². The molecule has 6 heteroatoms. The van der Waals surface area contributed by atoms with E-state index in [2.05, 4.69) is 17.1 Å². The molecule has 0 aromatic carbocycles. The van der Waals surface area contributed by atoms with Crippen molar-refractivity contribution in [2.45, 2.75) is 0 Å². The Morgan fingerprint density at radius 1 is 1.78 bits per heavy atom. The van der Waals surface area contributed by atoms with Crippen molar-refractivity contribution in [3.63, 3.8) is 0 Å². The smallest absolute Gasteiger partial charge is 0.317 e. The summed E-state index contributed by atoms with van der Waals surface area (Å²) in [6, 6.07) is -0.0713. The summed E-state index contributed by atoms with van der Waals surface area (Å²) in [5.74, 6) is 0. The molecule has 0 saturated carbocycles. The Morgan fingerprint density at radius 2 is 2.33 bits per heavy atom. The molecule has 2 unspecified atom stereocenters. The maximum Gasteiger partial charge on any atom is 0.317 e. The minimum atomic E-state index is -0.258. The van der Waals surface area contributed by atoms with Gasteiger partial charge in [-0.1, -0.05) is 8.27 Å². The summed E-state index contributed by atoms with van der Waals surface area (Å²) in [6.07, 6.45) is 0. The van der Waals surface area contributed by atoms with Gasteiger partial charge in [0, 0.05) is 7.05 Å². The van der Waals surface area contributed by atoms with E-state index >= 15 is 0 Å². The van der Waals surface area contributed by atoms with Crippen LogP contribution < -0.4 is 10.4 Å². The lowest BCUT2D eigenvalue weighted by molar-refractivity contribution is 0.248. The number of amides is 2. The molecule has 2 N–H and O–H groups in total. The lowest BCUT2D eigenvalue weighted by Crippen LogP contribution is -2.28. The highest BCUT2D eigenvalue weighted by molar-refractivity contribution is 8.31. The van der Waals surface area contributed by atoms with E-state index in [0.29, 0.717) is 0 Å². The van der Waals surface area contributed by atoms with Crippen LogP contribution in [0.5, 0.6) is 0 Å². The van der Waals surface area contributed by atoms with Crippen LogP contribution in [-0.2, 0) is 0 Å². The van der Waals surface area contributed by atoms with Gasteiger partial charge in [0.25, 0.3) is 0 Å². The predicted octanol–water partition coefficient (Wildman–Crippen LogP) is 0.0837. The number of hydrogen-bond donors (Lipinski definition) is 2. The fraction of sp³-hybridized carbons (Fsp3) is 0.667. The molecule has 0 aliphatic heterocycles. The molecule has 3 nitrogen and oxygen atoms in total. The van der Waals surface area contributed by atoms with E-state index in [9.17, 15) is 4.79 Å². The summed E-state index contributed by atoms with van der Waals surface area (Å²) in [7, 11) is 4.23. The van der Waals surface area contributed by atoms with E-state index in [0.717, 1.165) is 8.27 Å². The zero-order valence-corrected chi connectivity index (χ0v) is 7.75. The van der Waals surface area contributed by atoms with E-state index in [4.69, 9.17) is 0 Å². The van der Waals surface area contributed by atoms with Gasteiger partial charge in [-0.25, -0.2) is 4.79 Å². The highest BCUT2D eigenvalue weighted by Crippen LogP contribution is 2.43. The van der Waals surface area contributed by atoms with Crippen LogP contribution in [0.2, 0.25) is 0 Å². The van der Waals surface area contributed by atoms with Gasteiger partial charge in [0.15, 0.2) is 7.57 Å². The van der Waals surface area contributed by atoms with Crippen LogP contribution in [0, 0.1) is 0 Å². The van der Waals surface area contributed by atoms with Gasteiger partial charge in [-0.15, -0.1) is 0 Å². The van der Waals surface area contributed by atoms with Crippen LogP contribution in [0.1, 0.15) is 0 Å². The van der Waals surface area contributed by atoms with Crippen LogP contribution in [-0.4, -0.2) is 27.3 Å². The Bertz CT molecular complexity index is 102. The largest absolute Gasteiger partial charge is 0.341 e. The summed E-state index contributed by atoms with van der Waals surface area (Å²) in [5.41, 5.74) is 0. The highest BCUT2D eigenvalue weighted by atomic mass is 32.1. The van der Waals surface area contributed by atoms with Crippen molar-refractivity contribution in [1.82, 2.24) is 10.4 Å². The first-order chi connectivity index (χ1) is 4.20. The average molecular weight is 164 g/mol. The summed E-state index contributed by atoms with van der Waals surface area (Å²) in [5, 5.41) is 5.31. The lowest BCUT2D eigenvalue weighted by Gasteiger charge is -2.10. The molecule has 0 aromatic rings. The number of rotatable bonds is 2. The summed E-state index contributed by atoms with van der Waals surface area (Å²) >= 11 is 0. The lowest BCUT2D eigenvalue weighted by atomic mass is 10.8. The Balaban J connectivity index is 3.34. The van der Waals surface area contributed by atoms with Crippen LogP contribution >= 0.6 is 15.9 Å². The van der Waals surface area contributed by atoms with Crippen LogP contribution in [0.4, 0.5) is 4.79 Å². The quantitative estimate of drug-likeness (QED) is 0.440. The molecule has 52 valence electrons. The van der Waals surface area contributed by atoms with Crippen LogP contribution in [0.15, 0.2) is 0 Å². The van der Waals surface area contributed by atoms with Gasteiger partial charge >= 0.3 is 6.03 Å². The molecule has 0 aromatic heterocycles. The second-order valence-electron chi connectivity index (χ2n) is 1.47. The van der Waals surface area contributed by atoms with Crippen molar-refractivity contribution < 1.29 is 4.79 Å². The van der Waals surface area contributed by atoms with Gasteiger partial charge in [-0.2, -0.15) is 0 Å². The molecular weight excluding hydrogens is 153 g/mol. The van der Waals surface area contributed by atoms with Gasteiger partial charge < -0.3 is 10.4 Å². The van der Waals surface area contributed by atoms with Gasteiger partial charge in [0.2, 0.25) is 0 Å². The third-order valence-corrected chi connectivity index (χ3v) is 4.39. The van der Waals surface area contributed by atoms with E-state index in [1.54, 1.807) is 7.05 Å². The molecule has 0 heterocycles. The fourth-order valence-electron chi connectivity index (χ4n) is 0.264. The first-order valence-corrected chi connectivity index (χ1v) is 6.73. The standard InChI is InChI=1S/C3H11BN2OP2/c1-5-3(7)6-9(4)8-2/h8H,4H2,1-2H3,(H2,5,6,7). The fourth-order valence-corrected chi connectivity index (χ4v) is 1.43. The van der Waals surface area contributed by atoms with Crippen molar-refractivity contribution in [2.75, 3.05) is 13.7 Å². The number of nitrogens with one attached hydrogen (secondary N) is 2. The van der Waals surface area contributed by atoms with Crippen molar-refractivity contribution >= 4 is 29.5 Å². The summed E-state index contributed by atoms with van der Waals surface area (Å²) < 4.78 is 0. The van der Waals surface area contributed by atoms with Crippen molar-refractivity contribution in [2.24, 2.45) is 0 Å². The Hall–Kier alpha value is 0.195.